The van der Waals surface area contributed by atoms with E-state index in [2.05, 4.69) is 16.9 Å². The second-order valence-electron chi connectivity index (χ2n) is 2.39. The van der Waals surface area contributed by atoms with Crippen LogP contribution in [0.15, 0.2) is 23.3 Å². The fraction of sp³-hybridized carbons (Fsp3) is 0.500. The molecule has 1 nitrogen and oxygen atoms in total. The summed E-state index contributed by atoms with van der Waals surface area (Å²) in [6.45, 7) is 0. The zero-order valence-corrected chi connectivity index (χ0v) is 7.92. The Morgan fingerprint density at radius 3 is 3.00 bits per heavy atom. The number of unbranched alkanes of at least 4 members (excludes halogenated alkanes) is 1. The van der Waals surface area contributed by atoms with E-state index in [-0.39, 0.29) is 0 Å². The fourth-order valence-electron chi connectivity index (χ4n) is 0.883. The molecule has 3 heteroatoms. The van der Waals surface area contributed by atoms with Gasteiger partial charge in [0.1, 0.15) is 0 Å². The molecule has 0 amide bonds. The highest BCUT2D eigenvalue weighted by Gasteiger charge is 1.97. The molecule has 0 aromatic carbocycles. The normalized spacial score (nSPS) is 15.9. The molecule has 62 valence electrons. The van der Waals surface area contributed by atoms with Crippen LogP contribution < -0.4 is 4.72 Å². The van der Waals surface area contributed by atoms with Gasteiger partial charge in [-0.3, -0.25) is 0 Å². The first-order chi connectivity index (χ1) is 5.43. The standard InChI is InChI=1S/C8H12ClNS/c9-6-2-1-4-8-5-3-7-11-10-8/h3,5,7,10H,1-2,4,6H2. The maximum Gasteiger partial charge on any atom is 0.0223 e. The van der Waals surface area contributed by atoms with Crippen LogP contribution in [0, 0.1) is 0 Å². The van der Waals surface area contributed by atoms with Gasteiger partial charge in [0.05, 0.1) is 0 Å². The van der Waals surface area contributed by atoms with Crippen LogP contribution in [0.4, 0.5) is 0 Å². The lowest BCUT2D eigenvalue weighted by Gasteiger charge is -2.09. The first-order valence-electron chi connectivity index (χ1n) is 3.77. The molecule has 0 unspecified atom stereocenters. The van der Waals surface area contributed by atoms with Gasteiger partial charge in [0.2, 0.25) is 0 Å². The van der Waals surface area contributed by atoms with Gasteiger partial charge in [0.15, 0.2) is 0 Å². The predicted octanol–water partition coefficient (Wildman–Crippen LogP) is 3.04. The number of rotatable bonds is 4. The average Bonchev–Trinajstić information content (AvgIpc) is 2.07. The van der Waals surface area contributed by atoms with E-state index >= 15 is 0 Å². The number of hydrogen-bond donors (Lipinski definition) is 1. The van der Waals surface area contributed by atoms with Gasteiger partial charge in [0, 0.05) is 11.6 Å². The third-order valence-electron chi connectivity index (χ3n) is 1.46. The van der Waals surface area contributed by atoms with Crippen molar-refractivity contribution in [2.75, 3.05) is 5.88 Å². The van der Waals surface area contributed by atoms with Gasteiger partial charge in [-0.2, -0.15) is 0 Å². The zero-order valence-electron chi connectivity index (χ0n) is 6.35. The number of allylic oxidation sites excluding steroid dienone is 3. The molecule has 0 bridgehead atoms. The van der Waals surface area contributed by atoms with Crippen LogP contribution >= 0.6 is 23.5 Å². The average molecular weight is 190 g/mol. The van der Waals surface area contributed by atoms with E-state index in [9.17, 15) is 0 Å². The number of halogens is 1. The first kappa shape index (κ1) is 9.01. The number of hydrogen-bond acceptors (Lipinski definition) is 2. The SMILES string of the molecule is ClCCCCC1=CC=CSN1. The molecule has 1 heterocycles. The number of nitrogens with one attached hydrogen (secondary N) is 1. The van der Waals surface area contributed by atoms with Gasteiger partial charge in [0.25, 0.3) is 0 Å². The van der Waals surface area contributed by atoms with Crippen molar-refractivity contribution in [3.8, 4) is 0 Å². The summed E-state index contributed by atoms with van der Waals surface area (Å²) in [6, 6.07) is 0. The summed E-state index contributed by atoms with van der Waals surface area (Å²) < 4.78 is 3.23. The van der Waals surface area contributed by atoms with E-state index in [1.165, 1.54) is 12.1 Å². The molecule has 0 spiro atoms. The largest absolute Gasteiger partial charge is 0.330 e. The van der Waals surface area contributed by atoms with Crippen LogP contribution in [0.2, 0.25) is 0 Å². The zero-order chi connectivity index (χ0) is 7.94. The topological polar surface area (TPSA) is 12.0 Å². The van der Waals surface area contributed by atoms with Gasteiger partial charge < -0.3 is 4.72 Å². The molecule has 0 fully saturated rings. The van der Waals surface area contributed by atoms with Gasteiger partial charge >= 0.3 is 0 Å². The quantitative estimate of drug-likeness (QED) is 0.415. The van der Waals surface area contributed by atoms with Crippen molar-refractivity contribution in [2.45, 2.75) is 19.3 Å². The van der Waals surface area contributed by atoms with E-state index in [4.69, 9.17) is 11.6 Å². The smallest absolute Gasteiger partial charge is 0.0223 e. The van der Waals surface area contributed by atoms with Crippen LogP contribution in [0.1, 0.15) is 19.3 Å². The van der Waals surface area contributed by atoms with Crippen molar-refractivity contribution in [3.63, 3.8) is 0 Å². The van der Waals surface area contributed by atoms with E-state index in [0.717, 1.165) is 18.7 Å². The minimum absolute atomic E-state index is 0.774. The molecule has 1 aliphatic rings. The van der Waals surface area contributed by atoms with Crippen LogP contribution in [-0.2, 0) is 0 Å². The maximum atomic E-state index is 5.56. The molecular formula is C8H12ClNS. The van der Waals surface area contributed by atoms with Crippen LogP contribution in [0.5, 0.6) is 0 Å². The molecule has 1 aliphatic heterocycles. The molecule has 0 aliphatic carbocycles. The Morgan fingerprint density at radius 1 is 1.45 bits per heavy atom. The van der Waals surface area contributed by atoms with Crippen LogP contribution in [0.25, 0.3) is 0 Å². The first-order valence-corrected chi connectivity index (χ1v) is 5.18. The van der Waals surface area contributed by atoms with E-state index in [1.807, 2.05) is 5.41 Å². The Bertz CT molecular complexity index is 165. The van der Waals surface area contributed by atoms with Crippen molar-refractivity contribution < 1.29 is 0 Å². The van der Waals surface area contributed by atoms with Gasteiger partial charge in [-0.05, 0) is 42.7 Å². The molecule has 1 N–H and O–H groups in total. The van der Waals surface area contributed by atoms with Crippen molar-refractivity contribution in [3.05, 3.63) is 23.3 Å². The van der Waals surface area contributed by atoms with Crippen molar-refractivity contribution >= 4 is 23.5 Å². The summed E-state index contributed by atoms with van der Waals surface area (Å²) in [7, 11) is 0. The highest BCUT2D eigenvalue weighted by molar-refractivity contribution is 8.00. The Morgan fingerprint density at radius 2 is 2.36 bits per heavy atom. The molecule has 0 atom stereocenters. The lowest BCUT2D eigenvalue weighted by molar-refractivity contribution is 0.775. The minimum atomic E-state index is 0.774. The molecule has 0 radical (unpaired) electrons. The second kappa shape index (κ2) is 5.56. The molecular weight excluding hydrogens is 178 g/mol. The summed E-state index contributed by atoms with van der Waals surface area (Å²) in [4.78, 5) is 0. The summed E-state index contributed by atoms with van der Waals surface area (Å²) in [5, 5.41) is 2.03. The van der Waals surface area contributed by atoms with Gasteiger partial charge in [-0.1, -0.05) is 6.08 Å². The van der Waals surface area contributed by atoms with E-state index in [1.54, 1.807) is 11.9 Å². The summed E-state index contributed by atoms with van der Waals surface area (Å²) in [6.07, 6.45) is 7.58. The van der Waals surface area contributed by atoms with Gasteiger partial charge in [-0.25, -0.2) is 0 Å². The monoisotopic (exact) mass is 189 g/mol. The lowest BCUT2D eigenvalue weighted by atomic mass is 10.2. The summed E-state index contributed by atoms with van der Waals surface area (Å²) in [5.41, 5.74) is 1.31. The van der Waals surface area contributed by atoms with Crippen LogP contribution in [0.3, 0.4) is 0 Å². The lowest BCUT2D eigenvalue weighted by Crippen LogP contribution is -2.04. The second-order valence-corrected chi connectivity index (χ2v) is 3.48. The van der Waals surface area contributed by atoms with Crippen molar-refractivity contribution in [1.29, 1.82) is 0 Å². The minimum Gasteiger partial charge on any atom is -0.330 e. The van der Waals surface area contributed by atoms with Crippen molar-refractivity contribution in [2.24, 2.45) is 0 Å². The molecule has 0 saturated heterocycles. The molecule has 0 aromatic heterocycles. The summed E-state index contributed by atoms with van der Waals surface area (Å²) >= 11 is 7.19. The Labute approximate surface area is 77.0 Å². The molecule has 0 saturated carbocycles. The Hall–Kier alpha value is -0.0800. The highest BCUT2D eigenvalue weighted by atomic mass is 35.5. The Kier molecular flexibility index (Phi) is 4.55. The third kappa shape index (κ3) is 3.73. The van der Waals surface area contributed by atoms with E-state index < -0.39 is 0 Å². The summed E-state index contributed by atoms with van der Waals surface area (Å²) in [5.74, 6) is 0.774. The predicted molar refractivity (Wildman–Crippen MR) is 52.5 cm³/mol. The highest BCUT2D eigenvalue weighted by Crippen LogP contribution is 2.13. The molecule has 1 rings (SSSR count). The fourth-order valence-corrected chi connectivity index (χ4v) is 1.62. The molecule has 11 heavy (non-hydrogen) atoms. The van der Waals surface area contributed by atoms with E-state index in [0.29, 0.717) is 0 Å². The Balaban J connectivity index is 2.15. The number of alkyl halides is 1. The van der Waals surface area contributed by atoms with Gasteiger partial charge in [-0.15, -0.1) is 11.6 Å². The third-order valence-corrected chi connectivity index (χ3v) is 2.40. The van der Waals surface area contributed by atoms with Crippen molar-refractivity contribution in [1.82, 2.24) is 4.72 Å². The maximum absolute atomic E-state index is 5.56. The van der Waals surface area contributed by atoms with Crippen LogP contribution in [-0.4, -0.2) is 5.88 Å². The molecule has 0 aromatic rings.